The molecule has 0 radical (unpaired) electrons. The summed E-state index contributed by atoms with van der Waals surface area (Å²) in [6.07, 6.45) is 3.35. The number of rotatable bonds is 3. The van der Waals surface area contributed by atoms with Crippen LogP contribution in [0.4, 0.5) is 0 Å². The summed E-state index contributed by atoms with van der Waals surface area (Å²) in [6.45, 7) is 8.69. The summed E-state index contributed by atoms with van der Waals surface area (Å²) in [5.41, 5.74) is 4.73. The molecular formula is C22H28N2. The summed E-state index contributed by atoms with van der Waals surface area (Å²) in [5, 5.41) is 0. The lowest BCUT2D eigenvalue weighted by Gasteiger charge is -2.12. The summed E-state index contributed by atoms with van der Waals surface area (Å²) in [7, 11) is 2.06. The smallest absolute Gasteiger partial charge is 0.140 e. The Labute approximate surface area is 146 Å². The lowest BCUT2D eigenvalue weighted by atomic mass is 9.97. The van der Waals surface area contributed by atoms with E-state index in [1.165, 1.54) is 17.5 Å². The fraction of sp³-hybridized carbons (Fsp3) is 0.318. The Morgan fingerprint density at radius 1 is 0.917 bits per heavy atom. The molecule has 2 nitrogen and oxygen atoms in total. The van der Waals surface area contributed by atoms with Crippen molar-refractivity contribution >= 4 is 0 Å². The number of imidazole rings is 1. The molecule has 0 aliphatic carbocycles. The van der Waals surface area contributed by atoms with Gasteiger partial charge in [0.05, 0.1) is 5.69 Å². The topological polar surface area (TPSA) is 17.8 Å². The highest BCUT2D eigenvalue weighted by Crippen LogP contribution is 2.30. The normalized spacial score (nSPS) is 10.4. The predicted octanol–water partition coefficient (Wildman–Crippen LogP) is 6.29. The number of benzene rings is 2. The summed E-state index contributed by atoms with van der Waals surface area (Å²) >= 11 is 0. The van der Waals surface area contributed by atoms with Crippen molar-refractivity contribution in [3.63, 3.8) is 0 Å². The van der Waals surface area contributed by atoms with Crippen LogP contribution in [0.2, 0.25) is 0 Å². The van der Waals surface area contributed by atoms with Gasteiger partial charge in [0.25, 0.3) is 0 Å². The fourth-order valence-electron chi connectivity index (χ4n) is 2.67. The molecule has 1 aromatic heterocycles. The van der Waals surface area contributed by atoms with E-state index in [0.717, 1.165) is 17.1 Å². The maximum absolute atomic E-state index is 4.86. The van der Waals surface area contributed by atoms with E-state index >= 15 is 0 Å². The molecule has 0 aliphatic rings. The molecule has 0 unspecified atom stereocenters. The number of nitrogens with zero attached hydrogens (tertiary/aromatic N) is 2. The second kappa shape index (κ2) is 8.49. The summed E-state index contributed by atoms with van der Waals surface area (Å²) in [5.74, 6) is 1.51. The molecule has 126 valence electrons. The van der Waals surface area contributed by atoms with Crippen molar-refractivity contribution in [2.75, 3.05) is 0 Å². The van der Waals surface area contributed by atoms with Crippen LogP contribution in [0.3, 0.4) is 0 Å². The molecule has 0 fully saturated rings. The second-order valence-electron chi connectivity index (χ2n) is 6.38. The third-order valence-corrected chi connectivity index (χ3v) is 3.77. The molecule has 0 atom stereocenters. The largest absolute Gasteiger partial charge is 0.333 e. The van der Waals surface area contributed by atoms with Crippen LogP contribution in [-0.4, -0.2) is 9.55 Å². The molecule has 2 aromatic carbocycles. The van der Waals surface area contributed by atoms with Crippen LogP contribution in [0.1, 0.15) is 45.6 Å². The highest BCUT2D eigenvalue weighted by molar-refractivity contribution is 5.67. The van der Waals surface area contributed by atoms with Gasteiger partial charge in [-0.25, -0.2) is 4.98 Å². The minimum atomic E-state index is 0.484. The van der Waals surface area contributed by atoms with Crippen LogP contribution in [0.5, 0.6) is 0 Å². The Bertz CT molecular complexity index is 755. The molecular weight excluding hydrogens is 292 g/mol. The van der Waals surface area contributed by atoms with Crippen LogP contribution in [-0.2, 0) is 7.05 Å². The first kappa shape index (κ1) is 18.0. The van der Waals surface area contributed by atoms with E-state index in [4.69, 9.17) is 4.98 Å². The number of aromatic nitrogens is 2. The highest BCUT2D eigenvalue weighted by atomic mass is 15.0. The number of hydrogen-bond acceptors (Lipinski definition) is 1. The quantitative estimate of drug-likeness (QED) is 0.554. The Kier molecular flexibility index (Phi) is 6.36. The van der Waals surface area contributed by atoms with E-state index in [9.17, 15) is 0 Å². The summed E-state index contributed by atoms with van der Waals surface area (Å²) in [6, 6.07) is 18.8. The number of aryl methyl sites for hydroxylation is 1. The highest BCUT2D eigenvalue weighted by Gasteiger charge is 2.14. The molecule has 2 heteroatoms. The Morgan fingerprint density at radius 2 is 1.50 bits per heavy atom. The van der Waals surface area contributed by atoms with E-state index in [2.05, 4.69) is 81.9 Å². The van der Waals surface area contributed by atoms with Crippen molar-refractivity contribution in [1.82, 2.24) is 9.55 Å². The van der Waals surface area contributed by atoms with E-state index in [-0.39, 0.29) is 0 Å². The van der Waals surface area contributed by atoms with Crippen LogP contribution in [0.15, 0.2) is 60.8 Å². The zero-order chi connectivity index (χ0) is 17.5. The zero-order valence-electron chi connectivity index (χ0n) is 15.5. The molecule has 0 bridgehead atoms. The molecule has 3 rings (SSSR count). The van der Waals surface area contributed by atoms with E-state index in [1.807, 2.05) is 18.2 Å². The van der Waals surface area contributed by atoms with Crippen LogP contribution in [0.25, 0.3) is 22.6 Å². The molecule has 0 N–H and O–H groups in total. The van der Waals surface area contributed by atoms with Gasteiger partial charge in [-0.3, -0.25) is 0 Å². The van der Waals surface area contributed by atoms with E-state index in [0.29, 0.717) is 5.92 Å². The fourth-order valence-corrected chi connectivity index (χ4v) is 2.67. The van der Waals surface area contributed by atoms with Crippen molar-refractivity contribution < 1.29 is 0 Å². The average Bonchev–Trinajstić information content (AvgIpc) is 2.98. The Balaban J connectivity index is 0.000000647. The van der Waals surface area contributed by atoms with Gasteiger partial charge in [-0.15, -0.1) is 0 Å². The lowest BCUT2D eigenvalue weighted by Crippen LogP contribution is -1.97. The van der Waals surface area contributed by atoms with Crippen molar-refractivity contribution in [1.29, 1.82) is 0 Å². The van der Waals surface area contributed by atoms with Gasteiger partial charge in [0.2, 0.25) is 0 Å². The molecule has 3 aromatic rings. The first-order valence-corrected chi connectivity index (χ1v) is 8.76. The molecule has 0 aliphatic heterocycles. The van der Waals surface area contributed by atoms with Gasteiger partial charge < -0.3 is 4.57 Å². The second-order valence-corrected chi connectivity index (χ2v) is 6.38. The first-order chi connectivity index (χ1) is 11.6. The molecule has 0 saturated heterocycles. The monoisotopic (exact) mass is 320 g/mol. The number of hydrogen-bond donors (Lipinski definition) is 0. The Hall–Kier alpha value is -2.35. The van der Waals surface area contributed by atoms with Crippen LogP contribution >= 0.6 is 0 Å². The van der Waals surface area contributed by atoms with E-state index < -0.39 is 0 Å². The van der Waals surface area contributed by atoms with Crippen molar-refractivity contribution in [3.05, 3.63) is 66.4 Å². The molecule has 0 amide bonds. The van der Waals surface area contributed by atoms with E-state index in [1.54, 1.807) is 0 Å². The first-order valence-electron chi connectivity index (χ1n) is 8.76. The lowest BCUT2D eigenvalue weighted by molar-refractivity contribution is 0.857. The van der Waals surface area contributed by atoms with Gasteiger partial charge in [0, 0.05) is 24.4 Å². The third kappa shape index (κ3) is 4.14. The maximum Gasteiger partial charge on any atom is 0.140 e. The molecule has 0 spiro atoms. The molecule has 1 heterocycles. The zero-order valence-corrected chi connectivity index (χ0v) is 15.5. The minimum Gasteiger partial charge on any atom is -0.333 e. The van der Waals surface area contributed by atoms with Gasteiger partial charge in [0.1, 0.15) is 5.82 Å². The SMILES string of the molecule is CC(C)c1ccccc1-c1nc(-c2ccccc2)cn1C.CCC. The van der Waals surface area contributed by atoms with Crippen molar-refractivity contribution in [2.45, 2.75) is 40.0 Å². The van der Waals surface area contributed by atoms with Gasteiger partial charge in [-0.2, -0.15) is 0 Å². The van der Waals surface area contributed by atoms with Crippen LogP contribution < -0.4 is 0 Å². The standard InChI is InChI=1S/C19H20N2.C3H8/c1-14(2)16-11-7-8-12-17(16)19-20-18(13-21(19)3)15-9-5-4-6-10-15;1-3-2/h4-14H,1-3H3;3H2,1-2H3. The Morgan fingerprint density at radius 3 is 2.12 bits per heavy atom. The van der Waals surface area contributed by atoms with Gasteiger partial charge in [0.15, 0.2) is 0 Å². The molecule has 0 saturated carbocycles. The van der Waals surface area contributed by atoms with Crippen molar-refractivity contribution in [2.24, 2.45) is 7.05 Å². The maximum atomic E-state index is 4.86. The molecule has 24 heavy (non-hydrogen) atoms. The van der Waals surface area contributed by atoms with Gasteiger partial charge >= 0.3 is 0 Å². The average molecular weight is 320 g/mol. The third-order valence-electron chi connectivity index (χ3n) is 3.77. The van der Waals surface area contributed by atoms with Gasteiger partial charge in [-0.05, 0) is 11.5 Å². The van der Waals surface area contributed by atoms with Crippen molar-refractivity contribution in [3.8, 4) is 22.6 Å². The predicted molar refractivity (Wildman–Crippen MR) is 104 cm³/mol. The minimum absolute atomic E-state index is 0.484. The summed E-state index contributed by atoms with van der Waals surface area (Å²) < 4.78 is 2.11. The summed E-state index contributed by atoms with van der Waals surface area (Å²) in [4.78, 5) is 4.86. The van der Waals surface area contributed by atoms with Crippen LogP contribution in [0, 0.1) is 0 Å². The van der Waals surface area contributed by atoms with Gasteiger partial charge in [-0.1, -0.05) is 88.7 Å².